The number of rotatable bonds is 10. The van der Waals surface area contributed by atoms with Crippen molar-refractivity contribution in [2.75, 3.05) is 13.7 Å². The lowest BCUT2D eigenvalue weighted by atomic mass is 9.94. The van der Waals surface area contributed by atoms with Crippen molar-refractivity contribution in [2.45, 2.75) is 33.0 Å². The first-order valence-electron chi connectivity index (χ1n) is 13.7. The summed E-state index contributed by atoms with van der Waals surface area (Å²) in [6.45, 7) is 4.89. The Hall–Kier alpha value is -5.11. The van der Waals surface area contributed by atoms with Crippen LogP contribution in [0.15, 0.2) is 96.8 Å². The lowest BCUT2D eigenvalue weighted by Gasteiger charge is -2.26. The molecule has 1 aliphatic heterocycles. The number of methoxy groups -OCH3 is 1. The number of likely N-dealkylation sites (tertiary alicyclic amines) is 1. The van der Waals surface area contributed by atoms with E-state index in [1.54, 1.807) is 67.0 Å². The van der Waals surface area contributed by atoms with Crippen LogP contribution in [-0.4, -0.2) is 40.4 Å². The van der Waals surface area contributed by atoms with E-state index >= 15 is 0 Å². The van der Waals surface area contributed by atoms with E-state index in [0.717, 1.165) is 16.7 Å². The van der Waals surface area contributed by atoms with Crippen LogP contribution in [0, 0.1) is 6.92 Å². The number of carbonyl (C=O) groups excluding carboxylic acids is 2. The minimum atomic E-state index is -0.861. The predicted molar refractivity (Wildman–Crippen MR) is 158 cm³/mol. The highest BCUT2D eigenvalue weighted by molar-refractivity contribution is 6.46. The zero-order valence-corrected chi connectivity index (χ0v) is 23.7. The van der Waals surface area contributed by atoms with Gasteiger partial charge in [0.1, 0.15) is 18.1 Å². The molecule has 8 nitrogen and oxygen atoms in total. The summed E-state index contributed by atoms with van der Waals surface area (Å²) in [5.74, 6) is -0.133. The maximum Gasteiger partial charge on any atom is 0.295 e. The third kappa shape index (κ3) is 5.98. The molecule has 0 radical (unpaired) electrons. The maximum atomic E-state index is 13.5. The molecule has 1 atom stereocenters. The molecule has 1 aromatic heterocycles. The van der Waals surface area contributed by atoms with Gasteiger partial charge in [0.15, 0.2) is 11.5 Å². The number of aliphatic hydroxyl groups excluding tert-OH is 1. The first kappa shape index (κ1) is 28.4. The van der Waals surface area contributed by atoms with Crippen LogP contribution in [0.5, 0.6) is 17.2 Å². The van der Waals surface area contributed by atoms with Gasteiger partial charge in [0, 0.05) is 24.5 Å². The van der Waals surface area contributed by atoms with E-state index in [4.69, 9.17) is 14.2 Å². The number of nitrogens with zero attached hydrogens (tertiary/aromatic N) is 2. The summed E-state index contributed by atoms with van der Waals surface area (Å²) in [6, 6.07) is 22.8. The number of carbonyl (C=O) groups is 2. The Kier molecular flexibility index (Phi) is 8.52. The number of benzene rings is 3. The van der Waals surface area contributed by atoms with Crippen molar-refractivity contribution in [3.05, 3.63) is 125 Å². The number of ether oxygens (including phenoxy) is 3. The molecule has 0 bridgehead atoms. The van der Waals surface area contributed by atoms with Crippen molar-refractivity contribution < 1.29 is 28.9 Å². The lowest BCUT2D eigenvalue weighted by Crippen LogP contribution is -2.29. The molecule has 214 valence electrons. The van der Waals surface area contributed by atoms with Crippen LogP contribution in [0.25, 0.3) is 5.76 Å². The highest BCUT2D eigenvalue weighted by Gasteiger charge is 2.46. The Bertz CT molecular complexity index is 1620. The number of hydrogen-bond donors (Lipinski definition) is 1. The average Bonchev–Trinajstić information content (AvgIpc) is 3.26. The summed E-state index contributed by atoms with van der Waals surface area (Å²) in [4.78, 5) is 32.4. The largest absolute Gasteiger partial charge is 0.507 e. The SMILES string of the molecule is CCOc1ccc(C2C(=C(O)c3ccc(OCc4cccc(C)c4)cc3)C(=O)C(=O)N2Cc2ccncc2)cc1OC. The van der Waals surface area contributed by atoms with Crippen molar-refractivity contribution in [3.8, 4) is 17.2 Å². The molecule has 8 heteroatoms. The molecule has 1 fully saturated rings. The molecular weight excluding hydrogens is 532 g/mol. The minimum Gasteiger partial charge on any atom is -0.507 e. The average molecular weight is 565 g/mol. The Morgan fingerprint density at radius 3 is 2.36 bits per heavy atom. The van der Waals surface area contributed by atoms with E-state index < -0.39 is 17.7 Å². The quantitative estimate of drug-likeness (QED) is 0.143. The topological polar surface area (TPSA) is 98.2 Å². The van der Waals surface area contributed by atoms with Gasteiger partial charge in [-0.2, -0.15) is 0 Å². The molecule has 3 aromatic carbocycles. The van der Waals surface area contributed by atoms with Crippen LogP contribution < -0.4 is 14.2 Å². The molecule has 42 heavy (non-hydrogen) atoms. The number of aliphatic hydroxyl groups is 1. The summed E-state index contributed by atoms with van der Waals surface area (Å²) in [5.41, 5.74) is 3.98. The minimum absolute atomic E-state index is 0.00583. The van der Waals surface area contributed by atoms with Crippen LogP contribution >= 0.6 is 0 Å². The highest BCUT2D eigenvalue weighted by atomic mass is 16.5. The fourth-order valence-corrected chi connectivity index (χ4v) is 5.04. The first-order valence-corrected chi connectivity index (χ1v) is 13.7. The summed E-state index contributed by atoms with van der Waals surface area (Å²) >= 11 is 0. The summed E-state index contributed by atoms with van der Waals surface area (Å²) in [5, 5.41) is 11.5. The van der Waals surface area contributed by atoms with Gasteiger partial charge in [-0.25, -0.2) is 0 Å². The molecule has 2 heterocycles. The number of aryl methyl sites for hydroxylation is 1. The first-order chi connectivity index (χ1) is 20.4. The van der Waals surface area contributed by atoms with Gasteiger partial charge >= 0.3 is 0 Å². The van der Waals surface area contributed by atoms with Gasteiger partial charge in [-0.05, 0) is 79.1 Å². The highest BCUT2D eigenvalue weighted by Crippen LogP contribution is 2.42. The van der Waals surface area contributed by atoms with Crippen LogP contribution in [0.2, 0.25) is 0 Å². The van der Waals surface area contributed by atoms with E-state index in [1.807, 2.05) is 32.0 Å². The maximum absolute atomic E-state index is 13.5. The van der Waals surface area contributed by atoms with E-state index in [1.165, 1.54) is 12.0 Å². The zero-order chi connectivity index (χ0) is 29.6. The van der Waals surface area contributed by atoms with E-state index in [9.17, 15) is 14.7 Å². The number of pyridine rings is 1. The Balaban J connectivity index is 1.51. The van der Waals surface area contributed by atoms with Gasteiger partial charge in [0.2, 0.25) is 0 Å². The van der Waals surface area contributed by atoms with Crippen LogP contribution in [0.4, 0.5) is 0 Å². The molecule has 0 spiro atoms. The number of aromatic nitrogens is 1. The van der Waals surface area contributed by atoms with E-state index in [2.05, 4.69) is 11.1 Å². The molecule has 1 amide bonds. The Morgan fingerprint density at radius 1 is 0.905 bits per heavy atom. The number of hydrogen-bond acceptors (Lipinski definition) is 7. The third-order valence-electron chi connectivity index (χ3n) is 7.06. The van der Waals surface area contributed by atoms with Crippen molar-refractivity contribution in [1.82, 2.24) is 9.88 Å². The van der Waals surface area contributed by atoms with Crippen LogP contribution in [-0.2, 0) is 22.7 Å². The fraction of sp³-hybridized carbons (Fsp3) is 0.206. The third-order valence-corrected chi connectivity index (χ3v) is 7.06. The van der Waals surface area contributed by atoms with Crippen molar-refractivity contribution >= 4 is 17.4 Å². The lowest BCUT2D eigenvalue weighted by molar-refractivity contribution is -0.140. The second-order valence-electron chi connectivity index (χ2n) is 9.93. The molecule has 1 saturated heterocycles. The number of Topliss-reactive ketones (excluding diaryl/α,β-unsaturated/α-hetero) is 1. The normalized spacial score (nSPS) is 16.0. The number of ketones is 1. The summed E-state index contributed by atoms with van der Waals surface area (Å²) in [7, 11) is 1.53. The van der Waals surface area contributed by atoms with Crippen LogP contribution in [0.1, 0.15) is 40.8 Å². The van der Waals surface area contributed by atoms with E-state index in [0.29, 0.717) is 41.6 Å². The van der Waals surface area contributed by atoms with Gasteiger partial charge in [-0.15, -0.1) is 0 Å². The fourth-order valence-electron chi connectivity index (χ4n) is 5.04. The second kappa shape index (κ2) is 12.6. The van der Waals surface area contributed by atoms with Gasteiger partial charge < -0.3 is 24.2 Å². The summed E-state index contributed by atoms with van der Waals surface area (Å²) in [6.07, 6.45) is 3.26. The molecule has 1 N–H and O–H groups in total. The standard InChI is InChI=1S/C34H32N2O6/c1-4-41-28-13-10-26(19-29(28)40-3)31-30(33(38)34(39)36(31)20-23-14-16-35-17-15-23)32(37)25-8-11-27(12-9-25)42-21-24-7-5-6-22(2)18-24/h5-19,31,37H,4,20-21H2,1-3H3. The molecule has 4 aromatic rings. The zero-order valence-electron chi connectivity index (χ0n) is 23.7. The predicted octanol–water partition coefficient (Wildman–Crippen LogP) is 6.00. The molecule has 5 rings (SSSR count). The van der Waals surface area contributed by atoms with Crippen molar-refractivity contribution in [2.24, 2.45) is 0 Å². The monoisotopic (exact) mass is 564 g/mol. The second-order valence-corrected chi connectivity index (χ2v) is 9.93. The molecule has 0 saturated carbocycles. The molecule has 1 aliphatic rings. The van der Waals surface area contributed by atoms with Gasteiger partial charge in [0.05, 0.1) is 25.3 Å². The van der Waals surface area contributed by atoms with Gasteiger partial charge in [-0.1, -0.05) is 35.9 Å². The van der Waals surface area contributed by atoms with Gasteiger partial charge in [-0.3, -0.25) is 14.6 Å². The molecular formula is C34H32N2O6. The Morgan fingerprint density at radius 2 is 1.67 bits per heavy atom. The van der Waals surface area contributed by atoms with Crippen LogP contribution in [0.3, 0.4) is 0 Å². The molecule has 0 aliphatic carbocycles. The van der Waals surface area contributed by atoms with Gasteiger partial charge in [0.25, 0.3) is 11.7 Å². The van der Waals surface area contributed by atoms with E-state index in [-0.39, 0.29) is 17.9 Å². The number of amides is 1. The Labute approximate surface area is 244 Å². The smallest absolute Gasteiger partial charge is 0.295 e. The van der Waals surface area contributed by atoms with Crippen molar-refractivity contribution in [1.29, 1.82) is 0 Å². The van der Waals surface area contributed by atoms with Crippen molar-refractivity contribution in [3.63, 3.8) is 0 Å². The summed E-state index contributed by atoms with van der Waals surface area (Å²) < 4.78 is 17.1. The molecule has 1 unspecified atom stereocenters.